The first-order valence-corrected chi connectivity index (χ1v) is 7.92. The Hall–Kier alpha value is -1.58. The maximum absolute atomic E-state index is 11.4. The van der Waals surface area contributed by atoms with E-state index >= 15 is 0 Å². The van der Waals surface area contributed by atoms with Gasteiger partial charge in [0.15, 0.2) is 5.96 Å². The fraction of sp³-hybridized carbons (Fsp3) is 0.562. The second-order valence-electron chi connectivity index (χ2n) is 5.34. The van der Waals surface area contributed by atoms with Gasteiger partial charge in [0.2, 0.25) is 11.8 Å². The minimum Gasteiger partial charge on any atom is -0.481 e. The Balaban J connectivity index is 0.00000288. The van der Waals surface area contributed by atoms with Gasteiger partial charge in [0.1, 0.15) is 0 Å². The molecule has 2 rings (SSSR count). The summed E-state index contributed by atoms with van der Waals surface area (Å²) in [6.45, 7) is 8.01. The van der Waals surface area contributed by atoms with Gasteiger partial charge in [-0.25, -0.2) is 9.98 Å². The highest BCUT2D eigenvalue weighted by Crippen LogP contribution is 2.14. The Morgan fingerprint density at radius 1 is 1.33 bits per heavy atom. The number of carbonyl (C=O) groups is 1. The Kier molecular flexibility index (Phi) is 8.80. The minimum absolute atomic E-state index is 0. The van der Waals surface area contributed by atoms with Crippen LogP contribution in [0.3, 0.4) is 0 Å². The van der Waals surface area contributed by atoms with E-state index in [2.05, 4.69) is 15.2 Å². The summed E-state index contributed by atoms with van der Waals surface area (Å²) in [5.74, 6) is 1.60. The van der Waals surface area contributed by atoms with E-state index in [9.17, 15) is 4.79 Å². The van der Waals surface area contributed by atoms with Gasteiger partial charge >= 0.3 is 0 Å². The van der Waals surface area contributed by atoms with Crippen LogP contribution in [0.1, 0.15) is 19.4 Å². The highest BCUT2D eigenvalue weighted by Gasteiger charge is 2.20. The Morgan fingerprint density at radius 3 is 2.58 bits per heavy atom. The van der Waals surface area contributed by atoms with Crippen molar-refractivity contribution in [1.29, 1.82) is 0 Å². The molecular formula is C16H26IN5O2. The van der Waals surface area contributed by atoms with Crippen LogP contribution in [0.15, 0.2) is 23.3 Å². The van der Waals surface area contributed by atoms with Crippen LogP contribution in [-0.2, 0) is 11.3 Å². The number of methoxy groups -OCH3 is 1. The molecule has 2 heterocycles. The molecule has 1 aromatic rings. The van der Waals surface area contributed by atoms with Gasteiger partial charge < -0.3 is 19.9 Å². The van der Waals surface area contributed by atoms with Crippen molar-refractivity contribution in [2.75, 3.05) is 39.8 Å². The fourth-order valence-electron chi connectivity index (χ4n) is 2.55. The molecule has 8 heteroatoms. The average Bonchev–Trinajstić information content (AvgIpc) is 2.59. The van der Waals surface area contributed by atoms with Gasteiger partial charge in [0.05, 0.1) is 13.7 Å². The molecule has 1 amide bonds. The average molecular weight is 447 g/mol. The molecule has 0 radical (unpaired) electrons. The fourth-order valence-corrected chi connectivity index (χ4v) is 2.55. The lowest BCUT2D eigenvalue weighted by Crippen LogP contribution is -2.53. The van der Waals surface area contributed by atoms with E-state index in [4.69, 9.17) is 9.73 Å². The van der Waals surface area contributed by atoms with E-state index in [-0.39, 0.29) is 29.9 Å². The summed E-state index contributed by atoms with van der Waals surface area (Å²) in [4.78, 5) is 24.4. The van der Waals surface area contributed by atoms with Crippen LogP contribution in [0.5, 0.6) is 5.88 Å². The summed E-state index contributed by atoms with van der Waals surface area (Å²) < 4.78 is 5.26. The van der Waals surface area contributed by atoms with Crippen molar-refractivity contribution >= 4 is 35.8 Å². The predicted molar refractivity (Wildman–Crippen MR) is 105 cm³/mol. The highest BCUT2D eigenvalue weighted by molar-refractivity contribution is 14.0. The lowest BCUT2D eigenvalue weighted by atomic mass is 10.3. The van der Waals surface area contributed by atoms with Crippen molar-refractivity contribution < 1.29 is 9.53 Å². The zero-order valence-corrected chi connectivity index (χ0v) is 16.8. The van der Waals surface area contributed by atoms with E-state index in [0.29, 0.717) is 12.4 Å². The number of pyridine rings is 1. The Labute approximate surface area is 160 Å². The zero-order valence-electron chi connectivity index (χ0n) is 14.5. The summed E-state index contributed by atoms with van der Waals surface area (Å²) in [7, 11) is 1.61. The number of halogens is 1. The second kappa shape index (κ2) is 10.3. The second-order valence-corrected chi connectivity index (χ2v) is 5.34. The van der Waals surface area contributed by atoms with Crippen LogP contribution in [0, 0.1) is 0 Å². The number of rotatable bonds is 4. The first kappa shape index (κ1) is 20.5. The van der Waals surface area contributed by atoms with Crippen LogP contribution < -0.4 is 10.1 Å². The summed E-state index contributed by atoms with van der Waals surface area (Å²) in [5.41, 5.74) is 0.952. The maximum atomic E-state index is 11.4. The molecule has 0 atom stereocenters. The molecule has 0 aliphatic carbocycles. The number of hydrogen-bond donors (Lipinski definition) is 1. The topological polar surface area (TPSA) is 70.1 Å². The van der Waals surface area contributed by atoms with Crippen molar-refractivity contribution in [3.8, 4) is 5.88 Å². The molecule has 0 bridgehead atoms. The summed E-state index contributed by atoms with van der Waals surface area (Å²) in [6.07, 6.45) is 1.71. The van der Waals surface area contributed by atoms with Crippen LogP contribution >= 0.6 is 24.0 Å². The van der Waals surface area contributed by atoms with Crippen LogP contribution in [0.2, 0.25) is 0 Å². The zero-order chi connectivity index (χ0) is 16.7. The Bertz CT molecular complexity index is 559. The van der Waals surface area contributed by atoms with Crippen LogP contribution in [-0.4, -0.2) is 66.5 Å². The first-order chi connectivity index (χ1) is 11.2. The Morgan fingerprint density at radius 2 is 2.00 bits per heavy atom. The standard InChI is InChI=1S/C16H25N5O2.HI/c1-4-17-16(21-10-8-20(9-11-21)13(2)22)19-12-14-6-5-7-18-15(14)23-3;/h5-7H,4,8-12H2,1-3H3,(H,17,19);1H. The van der Waals surface area contributed by atoms with Gasteiger partial charge in [0.25, 0.3) is 0 Å². The number of nitrogens with one attached hydrogen (secondary N) is 1. The van der Waals surface area contributed by atoms with Crippen molar-refractivity contribution in [1.82, 2.24) is 20.1 Å². The number of aliphatic imine (C=N–C) groups is 1. The molecule has 134 valence electrons. The van der Waals surface area contributed by atoms with Crippen molar-refractivity contribution in [2.24, 2.45) is 4.99 Å². The van der Waals surface area contributed by atoms with Crippen molar-refractivity contribution in [3.05, 3.63) is 23.9 Å². The van der Waals surface area contributed by atoms with E-state index in [1.165, 1.54) is 0 Å². The van der Waals surface area contributed by atoms with E-state index in [1.54, 1.807) is 20.2 Å². The SMILES string of the molecule is CCNC(=NCc1cccnc1OC)N1CCN(C(C)=O)CC1.I. The molecule has 0 saturated carbocycles. The monoisotopic (exact) mass is 447 g/mol. The number of aromatic nitrogens is 1. The van der Waals surface area contributed by atoms with Gasteiger partial charge in [-0.2, -0.15) is 0 Å². The largest absolute Gasteiger partial charge is 0.481 e. The number of carbonyl (C=O) groups excluding carboxylic acids is 1. The van der Waals surface area contributed by atoms with Gasteiger partial charge in [-0.05, 0) is 13.0 Å². The van der Waals surface area contributed by atoms with E-state index in [0.717, 1.165) is 44.2 Å². The lowest BCUT2D eigenvalue weighted by molar-refractivity contribution is -0.130. The minimum atomic E-state index is 0. The van der Waals surface area contributed by atoms with Gasteiger partial charge in [-0.3, -0.25) is 4.79 Å². The van der Waals surface area contributed by atoms with Gasteiger partial charge in [-0.1, -0.05) is 6.07 Å². The number of guanidine groups is 1. The molecule has 0 unspecified atom stereocenters. The number of hydrogen-bond acceptors (Lipinski definition) is 4. The molecule has 1 aliphatic heterocycles. The molecule has 1 aromatic heterocycles. The molecule has 0 spiro atoms. The number of nitrogens with zero attached hydrogens (tertiary/aromatic N) is 4. The molecular weight excluding hydrogens is 421 g/mol. The third-order valence-electron chi connectivity index (χ3n) is 3.80. The first-order valence-electron chi connectivity index (χ1n) is 7.92. The number of amides is 1. The van der Waals surface area contributed by atoms with Gasteiger partial charge in [0, 0.05) is 51.4 Å². The number of piperazine rings is 1. The molecule has 1 saturated heterocycles. The van der Waals surface area contributed by atoms with Crippen LogP contribution in [0.4, 0.5) is 0 Å². The third kappa shape index (κ3) is 5.50. The predicted octanol–water partition coefficient (Wildman–Crippen LogP) is 1.34. The van der Waals surface area contributed by atoms with Crippen LogP contribution in [0.25, 0.3) is 0 Å². The smallest absolute Gasteiger partial charge is 0.219 e. The molecule has 0 aromatic carbocycles. The normalized spacial score (nSPS) is 14.9. The van der Waals surface area contributed by atoms with Crippen molar-refractivity contribution in [3.63, 3.8) is 0 Å². The summed E-state index contributed by atoms with van der Waals surface area (Å²) in [5, 5.41) is 3.32. The molecule has 1 fully saturated rings. The van der Waals surface area contributed by atoms with Gasteiger partial charge in [-0.15, -0.1) is 24.0 Å². The van der Waals surface area contributed by atoms with E-state index < -0.39 is 0 Å². The summed E-state index contributed by atoms with van der Waals surface area (Å²) in [6, 6.07) is 3.85. The molecule has 1 N–H and O–H groups in total. The maximum Gasteiger partial charge on any atom is 0.219 e. The molecule has 7 nitrogen and oxygen atoms in total. The number of ether oxygens (including phenoxy) is 1. The highest BCUT2D eigenvalue weighted by atomic mass is 127. The molecule has 1 aliphatic rings. The van der Waals surface area contributed by atoms with E-state index in [1.807, 2.05) is 24.0 Å². The molecule has 24 heavy (non-hydrogen) atoms. The summed E-state index contributed by atoms with van der Waals surface area (Å²) >= 11 is 0. The quantitative estimate of drug-likeness (QED) is 0.429. The third-order valence-corrected chi connectivity index (χ3v) is 3.80. The van der Waals surface area contributed by atoms with Crippen molar-refractivity contribution in [2.45, 2.75) is 20.4 Å². The lowest BCUT2D eigenvalue weighted by Gasteiger charge is -2.36.